The highest BCUT2D eigenvalue weighted by Gasteiger charge is 2.30. The molecule has 1 atom stereocenters. The third kappa shape index (κ3) is 2.96. The van der Waals surface area contributed by atoms with Crippen LogP contribution in [0, 0.1) is 10.1 Å². The van der Waals surface area contributed by atoms with Crippen LogP contribution in [0.3, 0.4) is 0 Å². The molecule has 2 heterocycles. The van der Waals surface area contributed by atoms with Gasteiger partial charge in [0, 0.05) is 31.4 Å². The Kier molecular flexibility index (Phi) is 4.21. The molecule has 0 bridgehead atoms. The predicted octanol–water partition coefficient (Wildman–Crippen LogP) is 2.17. The van der Waals surface area contributed by atoms with Crippen molar-refractivity contribution in [1.82, 2.24) is 9.88 Å². The van der Waals surface area contributed by atoms with E-state index >= 15 is 0 Å². The van der Waals surface area contributed by atoms with Crippen molar-refractivity contribution in [1.29, 1.82) is 0 Å². The lowest BCUT2D eigenvalue weighted by atomic mass is 10.2. The summed E-state index contributed by atoms with van der Waals surface area (Å²) in [5, 5.41) is 11.4. The molecule has 7 heteroatoms. The van der Waals surface area contributed by atoms with Gasteiger partial charge >= 0.3 is 5.69 Å². The lowest BCUT2D eigenvalue weighted by molar-refractivity contribution is -0.384. The highest BCUT2D eigenvalue weighted by molar-refractivity contribution is 6.30. The smallest absolute Gasteiger partial charge is 0.313 e. The Morgan fingerprint density at radius 1 is 1.68 bits per heavy atom. The Hall–Kier alpha value is -1.40. The molecular weight excluding hydrogens is 268 g/mol. The van der Waals surface area contributed by atoms with Crippen LogP contribution >= 0.6 is 11.6 Å². The number of nitro groups is 1. The first-order valence-electron chi connectivity index (χ1n) is 6.28. The van der Waals surface area contributed by atoms with Crippen LogP contribution in [-0.2, 0) is 0 Å². The number of pyridine rings is 1. The van der Waals surface area contributed by atoms with Crippen molar-refractivity contribution in [3.8, 4) is 0 Å². The largest absolute Gasteiger partial charge is 0.349 e. The van der Waals surface area contributed by atoms with E-state index in [4.69, 9.17) is 11.6 Å². The van der Waals surface area contributed by atoms with Crippen molar-refractivity contribution in [2.75, 3.05) is 31.6 Å². The summed E-state index contributed by atoms with van der Waals surface area (Å²) in [6.07, 6.45) is 2.45. The maximum absolute atomic E-state index is 11.1. The van der Waals surface area contributed by atoms with Gasteiger partial charge in [-0.25, -0.2) is 4.98 Å². The quantitative estimate of drug-likeness (QED) is 0.626. The minimum Gasteiger partial charge on any atom is -0.349 e. The van der Waals surface area contributed by atoms with Crippen molar-refractivity contribution < 1.29 is 4.92 Å². The first-order chi connectivity index (χ1) is 9.02. The van der Waals surface area contributed by atoms with Gasteiger partial charge in [0.2, 0.25) is 5.82 Å². The molecule has 0 radical (unpaired) electrons. The van der Waals surface area contributed by atoms with Gasteiger partial charge in [0.25, 0.3) is 0 Å². The molecule has 19 heavy (non-hydrogen) atoms. The summed E-state index contributed by atoms with van der Waals surface area (Å²) in [7, 11) is 2.07. The van der Waals surface area contributed by atoms with Gasteiger partial charge in [0.15, 0.2) is 0 Å². The van der Waals surface area contributed by atoms with Gasteiger partial charge in [0.1, 0.15) is 0 Å². The van der Waals surface area contributed by atoms with E-state index in [0.717, 1.165) is 26.1 Å². The van der Waals surface area contributed by atoms with Crippen LogP contribution in [0.25, 0.3) is 0 Å². The SMILES string of the molecule is CCN(C)C1CCN(c2ncc(Cl)cc2[N+](=O)[O-])C1. The van der Waals surface area contributed by atoms with E-state index in [-0.39, 0.29) is 10.7 Å². The van der Waals surface area contributed by atoms with Crippen LogP contribution in [0.1, 0.15) is 13.3 Å². The molecule has 104 valence electrons. The minimum atomic E-state index is -0.426. The fourth-order valence-corrected chi connectivity index (χ4v) is 2.50. The second kappa shape index (κ2) is 5.71. The fourth-order valence-electron chi connectivity index (χ4n) is 2.35. The number of hydrogen-bond acceptors (Lipinski definition) is 5. The van der Waals surface area contributed by atoms with E-state index < -0.39 is 4.92 Å². The Morgan fingerprint density at radius 3 is 3.05 bits per heavy atom. The molecule has 1 aromatic rings. The first-order valence-corrected chi connectivity index (χ1v) is 6.65. The van der Waals surface area contributed by atoms with E-state index in [0.29, 0.717) is 11.9 Å². The van der Waals surface area contributed by atoms with Gasteiger partial charge in [-0.2, -0.15) is 0 Å². The molecule has 0 saturated carbocycles. The second-order valence-corrected chi connectivity index (χ2v) is 5.15. The summed E-state index contributed by atoms with van der Waals surface area (Å²) in [4.78, 5) is 19.0. The van der Waals surface area contributed by atoms with Crippen molar-refractivity contribution >= 4 is 23.1 Å². The van der Waals surface area contributed by atoms with Crippen molar-refractivity contribution in [3.63, 3.8) is 0 Å². The third-order valence-corrected chi connectivity index (χ3v) is 3.80. The summed E-state index contributed by atoms with van der Waals surface area (Å²) in [5.41, 5.74) is -0.0210. The normalized spacial score (nSPS) is 19.2. The van der Waals surface area contributed by atoms with Gasteiger partial charge < -0.3 is 9.80 Å². The van der Waals surface area contributed by atoms with Crippen LogP contribution in [0.5, 0.6) is 0 Å². The number of anilines is 1. The van der Waals surface area contributed by atoms with Gasteiger partial charge in [-0.15, -0.1) is 0 Å². The van der Waals surface area contributed by atoms with Gasteiger partial charge in [0.05, 0.1) is 9.95 Å². The Labute approximate surface area is 117 Å². The monoisotopic (exact) mass is 284 g/mol. The standard InChI is InChI=1S/C12H17ClN4O2/c1-3-15(2)10-4-5-16(8-10)12-11(17(18)19)6-9(13)7-14-12/h6-7,10H,3-5,8H2,1-2H3. The zero-order valence-electron chi connectivity index (χ0n) is 11.0. The number of rotatable bonds is 4. The van der Waals surface area contributed by atoms with E-state index in [1.54, 1.807) is 0 Å². The first kappa shape index (κ1) is 14.0. The fraction of sp³-hybridized carbons (Fsp3) is 0.583. The summed E-state index contributed by atoms with van der Waals surface area (Å²) in [6, 6.07) is 1.78. The van der Waals surface area contributed by atoms with E-state index in [1.807, 2.05) is 4.90 Å². The topological polar surface area (TPSA) is 62.5 Å². The molecule has 0 spiro atoms. The van der Waals surface area contributed by atoms with Crippen molar-refractivity contribution in [3.05, 3.63) is 27.4 Å². The average molecular weight is 285 g/mol. The summed E-state index contributed by atoms with van der Waals surface area (Å²) < 4.78 is 0. The van der Waals surface area contributed by atoms with Crippen molar-refractivity contribution in [2.45, 2.75) is 19.4 Å². The van der Waals surface area contributed by atoms with E-state index in [1.165, 1.54) is 12.3 Å². The molecule has 2 rings (SSSR count). The predicted molar refractivity (Wildman–Crippen MR) is 74.8 cm³/mol. The van der Waals surface area contributed by atoms with Gasteiger partial charge in [-0.1, -0.05) is 18.5 Å². The van der Waals surface area contributed by atoms with E-state index in [9.17, 15) is 10.1 Å². The molecule has 6 nitrogen and oxygen atoms in total. The number of halogens is 1. The van der Waals surface area contributed by atoms with Crippen LogP contribution in [-0.4, -0.2) is 47.5 Å². The zero-order chi connectivity index (χ0) is 14.0. The lowest BCUT2D eigenvalue weighted by Gasteiger charge is -2.23. The number of likely N-dealkylation sites (N-methyl/N-ethyl adjacent to an activating group) is 1. The molecular formula is C12H17ClN4O2. The maximum atomic E-state index is 11.1. The Bertz CT molecular complexity index is 483. The molecule has 1 aliphatic rings. The molecule has 1 unspecified atom stereocenters. The van der Waals surface area contributed by atoms with Crippen LogP contribution in [0.4, 0.5) is 11.5 Å². The number of aromatic nitrogens is 1. The minimum absolute atomic E-state index is 0.0210. The number of hydrogen-bond donors (Lipinski definition) is 0. The Morgan fingerprint density at radius 2 is 2.42 bits per heavy atom. The average Bonchev–Trinajstić information content (AvgIpc) is 2.87. The summed E-state index contributed by atoms with van der Waals surface area (Å²) >= 11 is 5.78. The van der Waals surface area contributed by atoms with E-state index in [2.05, 4.69) is 23.9 Å². The molecule has 1 aromatic heterocycles. The van der Waals surface area contributed by atoms with Crippen LogP contribution < -0.4 is 4.90 Å². The maximum Gasteiger partial charge on any atom is 0.313 e. The van der Waals surface area contributed by atoms with Crippen molar-refractivity contribution in [2.24, 2.45) is 0 Å². The Balaban J connectivity index is 2.22. The molecule has 1 fully saturated rings. The zero-order valence-corrected chi connectivity index (χ0v) is 11.8. The molecule has 1 saturated heterocycles. The third-order valence-electron chi connectivity index (χ3n) is 3.60. The van der Waals surface area contributed by atoms with Crippen LogP contribution in [0.2, 0.25) is 5.02 Å². The molecule has 1 aliphatic heterocycles. The molecule has 0 aliphatic carbocycles. The molecule has 0 N–H and O–H groups in total. The summed E-state index contributed by atoms with van der Waals surface area (Å²) in [6.45, 7) is 4.62. The van der Waals surface area contributed by atoms with Crippen LogP contribution in [0.15, 0.2) is 12.3 Å². The lowest BCUT2D eigenvalue weighted by Crippen LogP contribution is -2.34. The molecule has 0 amide bonds. The highest BCUT2D eigenvalue weighted by atomic mass is 35.5. The highest BCUT2D eigenvalue weighted by Crippen LogP contribution is 2.31. The second-order valence-electron chi connectivity index (χ2n) is 4.72. The van der Waals surface area contributed by atoms with Gasteiger partial charge in [-0.3, -0.25) is 10.1 Å². The van der Waals surface area contributed by atoms with Gasteiger partial charge in [-0.05, 0) is 20.0 Å². The number of nitrogens with zero attached hydrogens (tertiary/aromatic N) is 4. The molecule has 0 aromatic carbocycles. The summed E-state index contributed by atoms with van der Waals surface area (Å²) in [5.74, 6) is 0.418.